The first-order valence-electron chi connectivity index (χ1n) is 12.2. The lowest BCUT2D eigenvalue weighted by atomic mass is 9.97. The van der Waals surface area contributed by atoms with Crippen LogP contribution in [0.2, 0.25) is 0 Å². The fourth-order valence-electron chi connectivity index (χ4n) is 3.90. The van der Waals surface area contributed by atoms with E-state index >= 15 is 0 Å². The number of aromatic hydroxyl groups is 1. The number of nitrogens with one attached hydrogen (secondary N) is 1. The molecule has 2 aromatic rings. The van der Waals surface area contributed by atoms with Crippen molar-refractivity contribution >= 4 is 5.91 Å². The van der Waals surface area contributed by atoms with Crippen LogP contribution < -0.4 is 27.0 Å². The fraction of sp³-hybridized carbons (Fsp3) is 0.414. The van der Waals surface area contributed by atoms with Gasteiger partial charge in [0.05, 0.1) is 27.2 Å². The SMILES string of the molecule is C=CCc1ccc(O)c(-c2cc(CC=C)ccc2OCCC[N+](C)(C)CC(=O)NCCCC)c1.[Br-]. The highest BCUT2D eigenvalue weighted by molar-refractivity contribution is 5.77. The molecule has 0 heterocycles. The molecular formula is C29H41BrN2O3. The standard InChI is InChI=1S/C29H40N2O3.BrH/c1-6-9-17-30-29(33)22-31(4,5)18-10-19-34-28-16-14-24(12-8-3)21-26(28)25-20-23(11-7-2)13-15-27(25)32;/h7-8,13-16,20-21H,2-3,6,9-12,17-19,22H2,1,4-5H3,(H-,30,32,33);1H. The van der Waals surface area contributed by atoms with E-state index in [1.54, 1.807) is 6.07 Å². The van der Waals surface area contributed by atoms with E-state index in [4.69, 9.17) is 4.74 Å². The van der Waals surface area contributed by atoms with Crippen LogP contribution in [0.25, 0.3) is 11.1 Å². The lowest BCUT2D eigenvalue weighted by Crippen LogP contribution is -3.00. The first-order chi connectivity index (χ1) is 16.3. The molecule has 0 saturated heterocycles. The Morgan fingerprint density at radius 2 is 1.66 bits per heavy atom. The number of phenolic OH excluding ortho intramolecular Hbond substituents is 1. The molecule has 0 atom stereocenters. The van der Waals surface area contributed by atoms with Crippen LogP contribution in [0, 0.1) is 0 Å². The minimum absolute atomic E-state index is 0. The van der Waals surface area contributed by atoms with E-state index in [-0.39, 0.29) is 28.6 Å². The summed E-state index contributed by atoms with van der Waals surface area (Å²) in [7, 11) is 4.14. The molecule has 0 radical (unpaired) electrons. The molecule has 0 saturated carbocycles. The average Bonchev–Trinajstić information content (AvgIpc) is 2.79. The number of unbranched alkanes of at least 4 members (excludes halogenated alkanes) is 1. The van der Waals surface area contributed by atoms with Gasteiger partial charge in [0.15, 0.2) is 6.54 Å². The number of phenols is 1. The van der Waals surface area contributed by atoms with Gasteiger partial charge in [-0.1, -0.05) is 37.6 Å². The van der Waals surface area contributed by atoms with Crippen LogP contribution in [0.3, 0.4) is 0 Å². The van der Waals surface area contributed by atoms with Crippen molar-refractivity contribution in [2.75, 3.05) is 40.3 Å². The third-order valence-electron chi connectivity index (χ3n) is 5.74. The van der Waals surface area contributed by atoms with Crippen LogP contribution >= 0.6 is 0 Å². The molecule has 2 aromatic carbocycles. The molecule has 2 rings (SSSR count). The Morgan fingerprint density at radius 3 is 2.29 bits per heavy atom. The molecule has 35 heavy (non-hydrogen) atoms. The molecule has 0 aliphatic rings. The minimum Gasteiger partial charge on any atom is -1.00 e. The summed E-state index contributed by atoms with van der Waals surface area (Å²) in [6, 6.07) is 11.7. The number of carbonyl (C=O) groups is 1. The zero-order valence-corrected chi connectivity index (χ0v) is 23.1. The van der Waals surface area contributed by atoms with Crippen molar-refractivity contribution < 1.29 is 36.1 Å². The number of amides is 1. The van der Waals surface area contributed by atoms with Gasteiger partial charge >= 0.3 is 0 Å². The molecular weight excluding hydrogens is 504 g/mol. The second-order valence-corrected chi connectivity index (χ2v) is 9.39. The number of carbonyl (C=O) groups excluding carboxylic acids is 1. The van der Waals surface area contributed by atoms with Crippen molar-refractivity contribution in [1.29, 1.82) is 0 Å². The summed E-state index contributed by atoms with van der Waals surface area (Å²) >= 11 is 0. The van der Waals surface area contributed by atoms with Crippen LogP contribution in [-0.4, -0.2) is 55.8 Å². The molecule has 192 valence electrons. The Bertz CT molecular complexity index is 972. The van der Waals surface area contributed by atoms with Gasteiger partial charge in [0.25, 0.3) is 5.91 Å². The van der Waals surface area contributed by atoms with Gasteiger partial charge in [0, 0.05) is 24.1 Å². The number of benzene rings is 2. The number of rotatable bonds is 15. The van der Waals surface area contributed by atoms with Gasteiger partial charge in [-0.25, -0.2) is 0 Å². The van der Waals surface area contributed by atoms with Crippen LogP contribution in [-0.2, 0) is 17.6 Å². The van der Waals surface area contributed by atoms with E-state index < -0.39 is 0 Å². The normalized spacial score (nSPS) is 10.8. The van der Waals surface area contributed by atoms with Crippen molar-refractivity contribution in [2.45, 2.75) is 39.0 Å². The predicted molar refractivity (Wildman–Crippen MR) is 141 cm³/mol. The summed E-state index contributed by atoms with van der Waals surface area (Å²) in [6.07, 6.45) is 8.08. The maximum atomic E-state index is 12.2. The van der Waals surface area contributed by atoms with Crippen molar-refractivity contribution in [2.24, 2.45) is 0 Å². The van der Waals surface area contributed by atoms with Crippen molar-refractivity contribution in [3.63, 3.8) is 0 Å². The fourth-order valence-corrected chi connectivity index (χ4v) is 3.90. The molecule has 0 bridgehead atoms. The van der Waals surface area contributed by atoms with E-state index in [2.05, 4.69) is 45.6 Å². The molecule has 0 aliphatic carbocycles. The maximum absolute atomic E-state index is 12.2. The number of likely N-dealkylation sites (N-methyl/N-ethyl adjacent to an activating group) is 1. The maximum Gasteiger partial charge on any atom is 0.275 e. The average molecular weight is 546 g/mol. The highest BCUT2D eigenvalue weighted by Gasteiger charge is 2.20. The number of ether oxygens (including phenoxy) is 1. The van der Waals surface area contributed by atoms with E-state index in [0.29, 0.717) is 17.6 Å². The van der Waals surface area contributed by atoms with Gasteiger partial charge in [-0.05, 0) is 54.7 Å². The topological polar surface area (TPSA) is 58.6 Å². The molecule has 1 amide bonds. The van der Waals surface area contributed by atoms with Crippen LogP contribution in [0.4, 0.5) is 0 Å². The Balaban J connectivity index is 0.00000612. The molecule has 6 heteroatoms. The molecule has 2 N–H and O–H groups in total. The van der Waals surface area contributed by atoms with Gasteiger partial charge < -0.3 is 36.6 Å². The molecule has 5 nitrogen and oxygen atoms in total. The smallest absolute Gasteiger partial charge is 0.275 e. The molecule has 0 unspecified atom stereocenters. The highest BCUT2D eigenvalue weighted by Crippen LogP contribution is 2.37. The second-order valence-electron chi connectivity index (χ2n) is 9.39. The van der Waals surface area contributed by atoms with Gasteiger partial charge in [0.2, 0.25) is 0 Å². The van der Waals surface area contributed by atoms with Gasteiger partial charge in [0.1, 0.15) is 11.5 Å². The zero-order chi connectivity index (χ0) is 25.0. The quantitative estimate of drug-likeness (QED) is 0.205. The monoisotopic (exact) mass is 544 g/mol. The van der Waals surface area contributed by atoms with Gasteiger partial charge in [-0.15, -0.1) is 13.2 Å². The number of allylic oxidation sites excluding steroid dienone is 2. The van der Waals surface area contributed by atoms with Crippen molar-refractivity contribution in [3.8, 4) is 22.6 Å². The lowest BCUT2D eigenvalue weighted by molar-refractivity contribution is -0.882. The summed E-state index contributed by atoms with van der Waals surface area (Å²) in [5.74, 6) is 1.05. The Labute approximate surface area is 221 Å². The van der Waals surface area contributed by atoms with Crippen LogP contribution in [0.15, 0.2) is 61.7 Å². The predicted octanol–water partition coefficient (Wildman–Crippen LogP) is 2.28. The highest BCUT2D eigenvalue weighted by atomic mass is 79.9. The molecule has 0 spiro atoms. The van der Waals surface area contributed by atoms with E-state index in [0.717, 1.165) is 73.2 Å². The summed E-state index contributed by atoms with van der Waals surface area (Å²) in [4.78, 5) is 12.2. The van der Waals surface area contributed by atoms with Crippen LogP contribution in [0.1, 0.15) is 37.3 Å². The van der Waals surface area contributed by atoms with E-state index in [1.165, 1.54) is 0 Å². The third-order valence-corrected chi connectivity index (χ3v) is 5.74. The van der Waals surface area contributed by atoms with Crippen LogP contribution in [0.5, 0.6) is 11.5 Å². The number of halogens is 1. The first-order valence-corrected chi connectivity index (χ1v) is 12.2. The van der Waals surface area contributed by atoms with E-state index in [9.17, 15) is 9.90 Å². The summed E-state index contributed by atoms with van der Waals surface area (Å²) in [5, 5.41) is 13.6. The zero-order valence-electron chi connectivity index (χ0n) is 21.5. The molecule has 0 aliphatic heterocycles. The van der Waals surface area contributed by atoms with E-state index in [1.807, 2.05) is 36.4 Å². The molecule has 0 aromatic heterocycles. The lowest BCUT2D eigenvalue weighted by Gasteiger charge is -2.29. The Morgan fingerprint density at radius 1 is 1.03 bits per heavy atom. The number of hydrogen-bond donors (Lipinski definition) is 2. The van der Waals surface area contributed by atoms with Gasteiger partial charge in [-0.2, -0.15) is 0 Å². The summed E-state index contributed by atoms with van der Waals surface area (Å²) in [6.45, 7) is 12.3. The first kappa shape index (κ1) is 30.5. The minimum atomic E-state index is 0. The second kappa shape index (κ2) is 15.4. The molecule has 0 fully saturated rings. The third kappa shape index (κ3) is 10.3. The number of hydrogen-bond acceptors (Lipinski definition) is 3. The summed E-state index contributed by atoms with van der Waals surface area (Å²) < 4.78 is 6.80. The summed E-state index contributed by atoms with van der Waals surface area (Å²) in [5.41, 5.74) is 3.81. The Hall–Kier alpha value is -2.57. The number of nitrogens with zero attached hydrogens (tertiary/aromatic N) is 1. The number of quaternary nitrogens is 1. The largest absolute Gasteiger partial charge is 1.00 e. The van der Waals surface area contributed by atoms with Crippen molar-refractivity contribution in [1.82, 2.24) is 5.32 Å². The van der Waals surface area contributed by atoms with Gasteiger partial charge in [-0.3, -0.25) is 4.79 Å². The Kier molecular flexibility index (Phi) is 13.4. The van der Waals surface area contributed by atoms with Crippen molar-refractivity contribution in [3.05, 3.63) is 72.8 Å².